The van der Waals surface area contributed by atoms with Crippen LogP contribution in [-0.2, 0) is 9.59 Å². The van der Waals surface area contributed by atoms with Gasteiger partial charge in [0.25, 0.3) is 0 Å². The molecule has 0 aromatic rings. The Morgan fingerprint density at radius 2 is 0.966 bits per heavy atom. The molecule has 0 radical (unpaired) electrons. The Bertz CT molecular complexity index is 363. The van der Waals surface area contributed by atoms with Crippen molar-refractivity contribution in [3.63, 3.8) is 0 Å². The maximum absolute atomic E-state index is 9.90. The zero-order valence-electron chi connectivity index (χ0n) is 18.7. The number of carboxylic acids is 2. The van der Waals surface area contributed by atoms with Gasteiger partial charge >= 0.3 is 11.9 Å². The maximum atomic E-state index is 9.90. The molecule has 172 valence electrons. The van der Waals surface area contributed by atoms with E-state index >= 15 is 0 Å². The van der Waals surface area contributed by atoms with Crippen LogP contribution in [0.25, 0.3) is 0 Å². The van der Waals surface area contributed by atoms with E-state index in [4.69, 9.17) is 15.3 Å². The van der Waals surface area contributed by atoms with Gasteiger partial charge in [-0.1, -0.05) is 76.9 Å². The molecule has 0 aliphatic rings. The molecule has 5 heteroatoms. The van der Waals surface area contributed by atoms with Gasteiger partial charge in [-0.25, -0.2) is 0 Å². The molecule has 0 amide bonds. The lowest BCUT2D eigenvalue weighted by Gasteiger charge is -1.99. The smallest absolute Gasteiger partial charge is 0.303 e. The topological polar surface area (TPSA) is 94.8 Å². The molecule has 0 aliphatic heterocycles. The monoisotopic (exact) mass is 414 g/mol. The number of rotatable bonds is 20. The molecule has 0 rings (SSSR count). The predicted molar refractivity (Wildman–Crippen MR) is 120 cm³/mol. The van der Waals surface area contributed by atoms with Crippen molar-refractivity contribution in [3.8, 4) is 0 Å². The second-order valence-corrected chi connectivity index (χ2v) is 7.66. The van der Waals surface area contributed by atoms with Gasteiger partial charge in [-0.2, -0.15) is 0 Å². The highest BCUT2D eigenvalue weighted by molar-refractivity contribution is 5.67. The molecule has 0 saturated heterocycles. The van der Waals surface area contributed by atoms with E-state index in [1.165, 1.54) is 83.5 Å². The van der Waals surface area contributed by atoms with Crippen LogP contribution >= 0.6 is 0 Å². The van der Waals surface area contributed by atoms with Crippen LogP contribution in [0.2, 0.25) is 0 Å². The first-order valence-electron chi connectivity index (χ1n) is 11.7. The lowest BCUT2D eigenvalue weighted by atomic mass is 10.1. The fourth-order valence-corrected chi connectivity index (χ4v) is 2.91. The van der Waals surface area contributed by atoms with Crippen molar-refractivity contribution in [1.82, 2.24) is 0 Å². The van der Waals surface area contributed by atoms with E-state index in [2.05, 4.69) is 19.1 Å². The summed E-state index contributed by atoms with van der Waals surface area (Å²) in [6.45, 7) is 2.64. The Hall–Kier alpha value is -1.36. The van der Waals surface area contributed by atoms with Gasteiger partial charge < -0.3 is 15.3 Å². The van der Waals surface area contributed by atoms with Gasteiger partial charge in [0.1, 0.15) is 0 Å². The minimum Gasteiger partial charge on any atom is -0.481 e. The van der Waals surface area contributed by atoms with E-state index in [0.29, 0.717) is 19.4 Å². The van der Waals surface area contributed by atoms with E-state index in [1.807, 2.05) is 0 Å². The minimum absolute atomic E-state index is 0.0628. The largest absolute Gasteiger partial charge is 0.481 e. The van der Waals surface area contributed by atoms with Crippen molar-refractivity contribution in [2.45, 2.75) is 122 Å². The highest BCUT2D eigenvalue weighted by atomic mass is 16.4. The first-order chi connectivity index (χ1) is 14.0. The quantitative estimate of drug-likeness (QED) is 0.152. The van der Waals surface area contributed by atoms with Crippen LogP contribution in [-0.4, -0.2) is 33.9 Å². The van der Waals surface area contributed by atoms with Gasteiger partial charge in [-0.05, 0) is 44.9 Å². The van der Waals surface area contributed by atoms with Crippen LogP contribution in [0.5, 0.6) is 0 Å². The summed E-state index contributed by atoms with van der Waals surface area (Å²) in [6.07, 6.45) is 24.2. The molecule has 0 aromatic heterocycles. The van der Waals surface area contributed by atoms with E-state index in [0.717, 1.165) is 6.42 Å². The molecule has 0 heterocycles. The van der Waals surface area contributed by atoms with Crippen molar-refractivity contribution in [3.05, 3.63) is 12.2 Å². The molecule has 0 bridgehead atoms. The zero-order chi connectivity index (χ0) is 22.0. The summed E-state index contributed by atoms with van der Waals surface area (Å²) < 4.78 is 0. The highest BCUT2D eigenvalue weighted by Gasteiger charge is 1.99. The van der Waals surface area contributed by atoms with Crippen LogP contribution in [0.1, 0.15) is 122 Å². The summed E-state index contributed by atoms with van der Waals surface area (Å²) in [5, 5.41) is 24.9. The lowest BCUT2D eigenvalue weighted by Crippen LogP contribution is -1.97. The second kappa shape index (κ2) is 26.6. The molecule has 0 aromatic carbocycles. The molecule has 3 N–H and O–H groups in total. The average Bonchev–Trinajstić information content (AvgIpc) is 2.68. The third-order valence-corrected chi connectivity index (χ3v) is 4.70. The van der Waals surface area contributed by atoms with Crippen molar-refractivity contribution < 1.29 is 24.9 Å². The summed E-state index contributed by atoms with van der Waals surface area (Å²) in [7, 11) is 0. The first-order valence-corrected chi connectivity index (χ1v) is 11.7. The standard InChI is InChI=1S/C18H36O.C6H10O4/c1-2-3-4-5-6-7-8-9-10-11-12-13-14-15-16-17-18-19;7-5(8)3-1-2-4-6(9)10/h9-10,19H,2-8,11-18H2,1H3;1-4H2,(H,7,8)(H,9,10)/b10-9-;. The van der Waals surface area contributed by atoms with Gasteiger partial charge in [0.05, 0.1) is 0 Å². The van der Waals surface area contributed by atoms with Gasteiger partial charge in [-0.15, -0.1) is 0 Å². The molecule has 0 unspecified atom stereocenters. The number of carbonyl (C=O) groups is 2. The summed E-state index contributed by atoms with van der Waals surface area (Å²) in [6, 6.07) is 0. The van der Waals surface area contributed by atoms with Crippen LogP contribution in [0.4, 0.5) is 0 Å². The van der Waals surface area contributed by atoms with Gasteiger partial charge in [0, 0.05) is 19.4 Å². The van der Waals surface area contributed by atoms with Crippen LogP contribution in [0, 0.1) is 0 Å². The Balaban J connectivity index is 0. The van der Waals surface area contributed by atoms with Crippen LogP contribution in [0.15, 0.2) is 12.2 Å². The number of unbranched alkanes of at least 4 members (excludes halogenated alkanes) is 13. The summed E-state index contributed by atoms with van der Waals surface area (Å²) in [5.74, 6) is -1.74. The summed E-state index contributed by atoms with van der Waals surface area (Å²) in [4.78, 5) is 19.8. The SMILES string of the molecule is CCCCCCCC/C=C\CCCCCCCCO.O=C(O)CCCCC(=O)O. The molecular weight excluding hydrogens is 368 g/mol. The van der Waals surface area contributed by atoms with Crippen LogP contribution < -0.4 is 0 Å². The number of allylic oxidation sites excluding steroid dienone is 2. The van der Waals surface area contributed by atoms with Crippen molar-refractivity contribution in [2.24, 2.45) is 0 Å². The Kier molecular flexibility index (Phi) is 27.4. The lowest BCUT2D eigenvalue weighted by molar-refractivity contribution is -0.139. The van der Waals surface area contributed by atoms with Crippen molar-refractivity contribution in [2.75, 3.05) is 6.61 Å². The van der Waals surface area contributed by atoms with E-state index in [-0.39, 0.29) is 12.8 Å². The fraction of sp³-hybridized carbons (Fsp3) is 0.833. The summed E-state index contributed by atoms with van der Waals surface area (Å²) >= 11 is 0. The molecular formula is C24H46O5. The third kappa shape index (κ3) is 34.5. The van der Waals surface area contributed by atoms with Gasteiger partial charge in [0.15, 0.2) is 0 Å². The molecule has 0 atom stereocenters. The Morgan fingerprint density at radius 1 is 0.586 bits per heavy atom. The Morgan fingerprint density at radius 3 is 1.34 bits per heavy atom. The van der Waals surface area contributed by atoms with Gasteiger partial charge in [0.2, 0.25) is 0 Å². The fourth-order valence-electron chi connectivity index (χ4n) is 2.91. The second-order valence-electron chi connectivity index (χ2n) is 7.66. The number of carboxylic acid groups (broad SMARTS) is 2. The highest BCUT2D eigenvalue weighted by Crippen LogP contribution is 2.09. The third-order valence-electron chi connectivity index (χ3n) is 4.70. The van der Waals surface area contributed by atoms with Gasteiger partial charge in [-0.3, -0.25) is 9.59 Å². The predicted octanol–water partition coefficient (Wildman–Crippen LogP) is 6.73. The van der Waals surface area contributed by atoms with E-state index < -0.39 is 11.9 Å². The molecule has 0 saturated carbocycles. The minimum atomic E-state index is -0.870. The first kappa shape index (κ1) is 29.8. The van der Waals surface area contributed by atoms with E-state index in [1.54, 1.807) is 0 Å². The normalized spacial score (nSPS) is 10.7. The molecule has 29 heavy (non-hydrogen) atoms. The Labute approximate surface area is 178 Å². The molecule has 0 aliphatic carbocycles. The maximum Gasteiger partial charge on any atom is 0.303 e. The number of aliphatic hydroxyl groups is 1. The van der Waals surface area contributed by atoms with Crippen LogP contribution in [0.3, 0.4) is 0 Å². The molecule has 5 nitrogen and oxygen atoms in total. The van der Waals surface area contributed by atoms with Crippen molar-refractivity contribution in [1.29, 1.82) is 0 Å². The number of aliphatic hydroxyl groups excluding tert-OH is 1. The molecule has 0 fully saturated rings. The average molecular weight is 415 g/mol. The van der Waals surface area contributed by atoms with E-state index in [9.17, 15) is 9.59 Å². The number of aliphatic carboxylic acids is 2. The number of hydrogen-bond donors (Lipinski definition) is 3. The zero-order valence-corrected chi connectivity index (χ0v) is 18.7. The number of hydrogen-bond acceptors (Lipinski definition) is 3. The van der Waals surface area contributed by atoms with Crippen molar-refractivity contribution >= 4 is 11.9 Å². The summed E-state index contributed by atoms with van der Waals surface area (Å²) in [5.41, 5.74) is 0. The molecule has 0 spiro atoms.